The number of rotatable bonds is 7. The number of hydrogen-bond acceptors (Lipinski definition) is 6. The summed E-state index contributed by atoms with van der Waals surface area (Å²) in [5.74, 6) is -0.145. The van der Waals surface area contributed by atoms with Gasteiger partial charge >= 0.3 is 0 Å². The van der Waals surface area contributed by atoms with Crippen molar-refractivity contribution in [3.8, 4) is 0 Å². The van der Waals surface area contributed by atoms with Gasteiger partial charge in [-0.15, -0.1) is 10.2 Å². The van der Waals surface area contributed by atoms with Gasteiger partial charge in [0, 0.05) is 37.7 Å². The molecular weight excluding hydrogens is 314 g/mol. The predicted molar refractivity (Wildman–Crippen MR) is 87.9 cm³/mol. The molecule has 0 aromatic carbocycles. The normalized spacial score (nSPS) is 10.6. The lowest BCUT2D eigenvalue weighted by Crippen LogP contribution is -2.24. The summed E-state index contributed by atoms with van der Waals surface area (Å²) in [6.45, 7) is 4.43. The minimum Gasteiger partial charge on any atom is -0.352 e. The molecule has 2 aromatic rings. The van der Waals surface area contributed by atoms with Crippen molar-refractivity contribution in [2.24, 2.45) is 0 Å². The highest BCUT2D eigenvalue weighted by Gasteiger charge is 2.11. The first-order valence-corrected chi connectivity index (χ1v) is 8.15. The van der Waals surface area contributed by atoms with E-state index in [2.05, 4.69) is 25.8 Å². The zero-order valence-corrected chi connectivity index (χ0v) is 13.9. The lowest BCUT2D eigenvalue weighted by Gasteiger charge is -2.05. The molecule has 0 radical (unpaired) electrons. The average molecular weight is 333 g/mol. The maximum atomic E-state index is 11.8. The van der Waals surface area contributed by atoms with Crippen LogP contribution in [0.15, 0.2) is 24.5 Å². The lowest BCUT2D eigenvalue weighted by atomic mass is 10.2. The van der Waals surface area contributed by atoms with Crippen LogP contribution in [-0.4, -0.2) is 27.0 Å². The van der Waals surface area contributed by atoms with Crippen molar-refractivity contribution in [3.05, 3.63) is 35.1 Å². The Morgan fingerprint density at radius 1 is 1.22 bits per heavy atom. The van der Waals surface area contributed by atoms with Gasteiger partial charge in [-0.25, -0.2) is 0 Å². The molecule has 0 bridgehead atoms. The fraction of sp³-hybridized carbons (Fsp3) is 0.400. The number of carbonyl (C=O) groups is 2. The molecule has 2 heterocycles. The van der Waals surface area contributed by atoms with Crippen LogP contribution in [0.4, 0.5) is 5.13 Å². The molecule has 0 atom stereocenters. The molecule has 0 aliphatic heterocycles. The molecule has 0 spiro atoms. The van der Waals surface area contributed by atoms with Gasteiger partial charge in [0.1, 0.15) is 5.01 Å². The SMILES string of the molecule is CC(C)c1nnc(NC(=O)CCC(=O)NCc2cccnc2)s1. The lowest BCUT2D eigenvalue weighted by molar-refractivity contribution is -0.124. The zero-order valence-electron chi connectivity index (χ0n) is 13.1. The van der Waals surface area contributed by atoms with Gasteiger partial charge in [-0.2, -0.15) is 0 Å². The van der Waals surface area contributed by atoms with Crippen LogP contribution >= 0.6 is 11.3 Å². The fourth-order valence-corrected chi connectivity index (χ4v) is 2.48. The largest absolute Gasteiger partial charge is 0.352 e. The Hall–Kier alpha value is -2.35. The van der Waals surface area contributed by atoms with Crippen LogP contribution in [0.3, 0.4) is 0 Å². The van der Waals surface area contributed by atoms with E-state index in [0.29, 0.717) is 11.7 Å². The number of amides is 2. The van der Waals surface area contributed by atoms with Crippen LogP contribution in [0.2, 0.25) is 0 Å². The molecule has 0 aliphatic rings. The molecule has 0 fully saturated rings. The van der Waals surface area contributed by atoms with Gasteiger partial charge in [0.25, 0.3) is 0 Å². The van der Waals surface area contributed by atoms with Crippen LogP contribution in [0.25, 0.3) is 0 Å². The molecule has 2 rings (SSSR count). The van der Waals surface area contributed by atoms with E-state index < -0.39 is 0 Å². The van der Waals surface area contributed by atoms with Gasteiger partial charge in [-0.1, -0.05) is 31.3 Å². The number of carbonyl (C=O) groups excluding carboxylic acids is 2. The highest BCUT2D eigenvalue weighted by Crippen LogP contribution is 2.22. The number of nitrogens with one attached hydrogen (secondary N) is 2. The van der Waals surface area contributed by atoms with Gasteiger partial charge in [0.2, 0.25) is 16.9 Å². The van der Waals surface area contributed by atoms with Crippen molar-refractivity contribution in [3.63, 3.8) is 0 Å². The van der Waals surface area contributed by atoms with Crippen LogP contribution in [0, 0.1) is 0 Å². The van der Waals surface area contributed by atoms with Crippen molar-refractivity contribution in [1.82, 2.24) is 20.5 Å². The number of aromatic nitrogens is 3. The van der Waals surface area contributed by atoms with Gasteiger partial charge in [-0.05, 0) is 11.6 Å². The Morgan fingerprint density at radius 2 is 2.00 bits per heavy atom. The number of hydrogen-bond donors (Lipinski definition) is 2. The monoisotopic (exact) mass is 333 g/mol. The summed E-state index contributed by atoms with van der Waals surface area (Å²) in [6, 6.07) is 3.68. The second-order valence-electron chi connectivity index (χ2n) is 5.29. The van der Waals surface area contributed by atoms with Crippen molar-refractivity contribution in [2.45, 2.75) is 39.2 Å². The molecule has 2 amide bonds. The van der Waals surface area contributed by atoms with E-state index in [4.69, 9.17) is 0 Å². The Balaban J connectivity index is 1.70. The molecule has 2 N–H and O–H groups in total. The topological polar surface area (TPSA) is 96.9 Å². The quantitative estimate of drug-likeness (QED) is 0.808. The van der Waals surface area contributed by atoms with Crippen LogP contribution < -0.4 is 10.6 Å². The van der Waals surface area contributed by atoms with Gasteiger partial charge in [0.15, 0.2) is 0 Å². The summed E-state index contributed by atoms with van der Waals surface area (Å²) < 4.78 is 0. The molecule has 122 valence electrons. The second kappa shape index (κ2) is 8.33. The number of anilines is 1. The van der Waals surface area contributed by atoms with Gasteiger partial charge in [0.05, 0.1) is 0 Å². The van der Waals surface area contributed by atoms with E-state index in [9.17, 15) is 9.59 Å². The Kier molecular flexibility index (Phi) is 6.16. The molecular formula is C15H19N5O2S. The molecule has 0 unspecified atom stereocenters. The first-order chi connectivity index (χ1) is 11.0. The molecule has 8 heteroatoms. The highest BCUT2D eigenvalue weighted by molar-refractivity contribution is 7.15. The summed E-state index contributed by atoms with van der Waals surface area (Å²) in [6.07, 6.45) is 3.60. The average Bonchev–Trinajstić information content (AvgIpc) is 3.00. The predicted octanol–water partition coefficient (Wildman–Crippen LogP) is 2.09. The third-order valence-electron chi connectivity index (χ3n) is 2.97. The smallest absolute Gasteiger partial charge is 0.226 e. The standard InChI is InChI=1S/C15H19N5O2S/c1-10(2)14-19-20-15(23-14)18-13(22)6-5-12(21)17-9-11-4-3-7-16-8-11/h3-4,7-8,10H,5-6,9H2,1-2H3,(H,17,21)(H,18,20,22). The van der Waals surface area contributed by atoms with Crippen LogP contribution in [-0.2, 0) is 16.1 Å². The summed E-state index contributed by atoms with van der Waals surface area (Å²) >= 11 is 1.35. The summed E-state index contributed by atoms with van der Waals surface area (Å²) in [5, 5.41) is 14.7. The van der Waals surface area contributed by atoms with E-state index in [1.807, 2.05) is 26.0 Å². The first-order valence-electron chi connectivity index (χ1n) is 7.33. The Morgan fingerprint density at radius 3 is 2.65 bits per heavy atom. The molecule has 7 nitrogen and oxygen atoms in total. The highest BCUT2D eigenvalue weighted by atomic mass is 32.1. The minimum absolute atomic E-state index is 0.107. The Bertz CT molecular complexity index is 657. The maximum Gasteiger partial charge on any atom is 0.226 e. The second-order valence-corrected chi connectivity index (χ2v) is 6.30. The van der Waals surface area contributed by atoms with E-state index >= 15 is 0 Å². The van der Waals surface area contributed by atoms with Crippen molar-refractivity contribution in [2.75, 3.05) is 5.32 Å². The first kappa shape index (κ1) is 17.0. The summed E-state index contributed by atoms with van der Waals surface area (Å²) in [7, 11) is 0. The van der Waals surface area contributed by atoms with E-state index in [0.717, 1.165) is 10.6 Å². The third kappa shape index (κ3) is 5.74. The summed E-state index contributed by atoms with van der Waals surface area (Å²) in [5.41, 5.74) is 0.917. The molecule has 0 aliphatic carbocycles. The van der Waals surface area contributed by atoms with Crippen LogP contribution in [0.1, 0.15) is 43.2 Å². The fourth-order valence-electron chi connectivity index (χ4n) is 1.72. The number of nitrogens with zero attached hydrogens (tertiary/aromatic N) is 3. The number of pyridine rings is 1. The molecule has 2 aromatic heterocycles. The van der Waals surface area contributed by atoms with Crippen molar-refractivity contribution >= 4 is 28.3 Å². The van der Waals surface area contributed by atoms with Crippen LogP contribution in [0.5, 0.6) is 0 Å². The minimum atomic E-state index is -0.243. The van der Waals surface area contributed by atoms with Crippen molar-refractivity contribution < 1.29 is 9.59 Å². The van der Waals surface area contributed by atoms with E-state index in [-0.39, 0.29) is 30.6 Å². The van der Waals surface area contributed by atoms with Crippen molar-refractivity contribution in [1.29, 1.82) is 0 Å². The molecule has 0 saturated carbocycles. The van der Waals surface area contributed by atoms with Gasteiger partial charge in [-0.3, -0.25) is 14.6 Å². The van der Waals surface area contributed by atoms with E-state index in [1.165, 1.54) is 11.3 Å². The third-order valence-corrected chi connectivity index (χ3v) is 4.11. The van der Waals surface area contributed by atoms with Gasteiger partial charge < -0.3 is 10.6 Å². The summed E-state index contributed by atoms with van der Waals surface area (Å²) in [4.78, 5) is 27.5. The van der Waals surface area contributed by atoms with E-state index in [1.54, 1.807) is 12.4 Å². The molecule has 0 saturated heterocycles. The Labute approximate surface area is 138 Å². The maximum absolute atomic E-state index is 11.8. The zero-order chi connectivity index (χ0) is 16.7. The molecule has 23 heavy (non-hydrogen) atoms.